The number of rotatable bonds is 2. The second kappa shape index (κ2) is 6.30. The molecule has 0 saturated carbocycles. The molecule has 0 spiro atoms. The van der Waals surface area contributed by atoms with Gasteiger partial charge in [0.25, 0.3) is 0 Å². The van der Waals surface area contributed by atoms with Gasteiger partial charge in [0.05, 0.1) is 0 Å². The maximum atomic E-state index is 11.0. The van der Waals surface area contributed by atoms with Crippen LogP contribution in [0.5, 0.6) is 0 Å². The summed E-state index contributed by atoms with van der Waals surface area (Å²) in [6, 6.07) is 0. The van der Waals surface area contributed by atoms with E-state index in [1.54, 1.807) is 0 Å². The Bertz CT molecular complexity index is 255. The van der Waals surface area contributed by atoms with Gasteiger partial charge in [0.15, 0.2) is 0 Å². The predicted molar refractivity (Wildman–Crippen MR) is 58.7 cm³/mol. The van der Waals surface area contributed by atoms with Gasteiger partial charge >= 0.3 is 11.9 Å². The summed E-state index contributed by atoms with van der Waals surface area (Å²) in [5.74, 6) is -0.654. The van der Waals surface area contributed by atoms with Crippen molar-refractivity contribution >= 4 is 11.9 Å². The Kier molecular flexibility index (Phi) is 5.02. The molecule has 0 aromatic carbocycles. The minimum absolute atomic E-state index is 0.314. The molecule has 0 fully saturated rings. The van der Waals surface area contributed by atoms with Crippen LogP contribution in [-0.2, 0) is 19.1 Å². The van der Waals surface area contributed by atoms with E-state index in [0.29, 0.717) is 12.8 Å². The van der Waals surface area contributed by atoms with Crippen LogP contribution in [0.3, 0.4) is 0 Å². The van der Waals surface area contributed by atoms with E-state index < -0.39 is 0 Å². The fraction of sp³-hybridized carbons (Fsp3) is 0.667. The Morgan fingerprint density at radius 2 is 1.31 bits per heavy atom. The normalized spacial score (nSPS) is 27.4. The molecule has 0 radical (unpaired) electrons. The lowest BCUT2D eigenvalue weighted by atomic mass is 10.00. The van der Waals surface area contributed by atoms with E-state index >= 15 is 0 Å². The van der Waals surface area contributed by atoms with Gasteiger partial charge in [0, 0.05) is 13.8 Å². The summed E-state index contributed by atoms with van der Waals surface area (Å²) in [7, 11) is 0. The minimum Gasteiger partial charge on any atom is -0.459 e. The monoisotopic (exact) mass is 226 g/mol. The van der Waals surface area contributed by atoms with Crippen LogP contribution < -0.4 is 0 Å². The van der Waals surface area contributed by atoms with Gasteiger partial charge in [-0.15, -0.1) is 0 Å². The van der Waals surface area contributed by atoms with Gasteiger partial charge in [-0.2, -0.15) is 0 Å². The van der Waals surface area contributed by atoms with Gasteiger partial charge in [0.2, 0.25) is 0 Å². The highest BCUT2D eigenvalue weighted by Gasteiger charge is 2.26. The average molecular weight is 226 g/mol. The average Bonchev–Trinajstić information content (AvgIpc) is 2.15. The molecule has 0 unspecified atom stereocenters. The van der Waals surface area contributed by atoms with E-state index in [2.05, 4.69) is 12.2 Å². The Hall–Kier alpha value is -1.32. The molecular weight excluding hydrogens is 208 g/mol. The van der Waals surface area contributed by atoms with Gasteiger partial charge in [-0.25, -0.2) is 0 Å². The van der Waals surface area contributed by atoms with Crippen LogP contribution in [0.15, 0.2) is 12.2 Å². The molecular formula is C12H18O4. The molecule has 2 atom stereocenters. The van der Waals surface area contributed by atoms with Crippen LogP contribution in [0.25, 0.3) is 0 Å². The zero-order valence-corrected chi connectivity index (χ0v) is 9.77. The third-order valence-corrected chi connectivity index (χ3v) is 2.45. The van der Waals surface area contributed by atoms with Crippen LogP contribution >= 0.6 is 0 Å². The lowest BCUT2D eigenvalue weighted by Gasteiger charge is -2.26. The molecule has 0 aromatic rings. The quantitative estimate of drug-likeness (QED) is 0.533. The highest BCUT2D eigenvalue weighted by Crippen LogP contribution is 2.19. The van der Waals surface area contributed by atoms with E-state index in [-0.39, 0.29) is 24.1 Å². The first-order valence-corrected chi connectivity index (χ1v) is 5.59. The summed E-state index contributed by atoms with van der Waals surface area (Å²) in [4.78, 5) is 21.9. The zero-order chi connectivity index (χ0) is 12.0. The fourth-order valence-electron chi connectivity index (χ4n) is 1.82. The number of hydrogen-bond donors (Lipinski definition) is 0. The molecule has 0 N–H and O–H groups in total. The van der Waals surface area contributed by atoms with Crippen molar-refractivity contribution in [2.75, 3.05) is 0 Å². The van der Waals surface area contributed by atoms with Crippen molar-refractivity contribution < 1.29 is 19.1 Å². The van der Waals surface area contributed by atoms with Gasteiger partial charge in [-0.1, -0.05) is 12.2 Å². The molecule has 1 aliphatic rings. The topological polar surface area (TPSA) is 52.6 Å². The SMILES string of the molecule is CC(=O)O[C@H]1CC/C=C\CC[C@@H]1OC(C)=O. The second-order valence-electron chi connectivity index (χ2n) is 3.92. The van der Waals surface area contributed by atoms with Gasteiger partial charge < -0.3 is 9.47 Å². The maximum absolute atomic E-state index is 11.0. The summed E-state index contributed by atoms with van der Waals surface area (Å²) < 4.78 is 10.4. The number of allylic oxidation sites excluding steroid dienone is 2. The first-order chi connectivity index (χ1) is 7.59. The molecule has 90 valence electrons. The molecule has 16 heavy (non-hydrogen) atoms. The van der Waals surface area contributed by atoms with Crippen LogP contribution in [0.4, 0.5) is 0 Å². The van der Waals surface area contributed by atoms with Crippen molar-refractivity contribution in [3.63, 3.8) is 0 Å². The number of hydrogen-bond acceptors (Lipinski definition) is 4. The maximum Gasteiger partial charge on any atom is 0.303 e. The van der Waals surface area contributed by atoms with Gasteiger partial charge in [0.1, 0.15) is 12.2 Å². The standard InChI is InChI=1S/C12H18O4/c1-9(13)15-11-7-5-3-4-6-8-12(11)16-10(2)14/h3-4,11-12H,5-8H2,1-2H3/b4-3-/t11-,12-/m0/s1. The Balaban J connectivity index is 2.65. The first kappa shape index (κ1) is 12.7. The highest BCUT2D eigenvalue weighted by atomic mass is 16.6. The number of carbonyl (C=O) groups excluding carboxylic acids is 2. The summed E-state index contributed by atoms with van der Waals surface area (Å²) >= 11 is 0. The van der Waals surface area contributed by atoms with Crippen molar-refractivity contribution in [3.05, 3.63) is 12.2 Å². The molecule has 4 nitrogen and oxygen atoms in total. The minimum atomic E-state index is -0.327. The number of ether oxygens (including phenoxy) is 2. The Morgan fingerprint density at radius 3 is 1.62 bits per heavy atom. The molecule has 0 saturated heterocycles. The molecule has 0 aliphatic heterocycles. The largest absolute Gasteiger partial charge is 0.459 e. The predicted octanol–water partition coefficient (Wildman–Crippen LogP) is 1.98. The van der Waals surface area contributed by atoms with Crippen molar-refractivity contribution in [2.45, 2.75) is 51.7 Å². The lowest BCUT2D eigenvalue weighted by molar-refractivity contribution is -0.166. The summed E-state index contributed by atoms with van der Waals surface area (Å²) in [6.45, 7) is 2.75. The summed E-state index contributed by atoms with van der Waals surface area (Å²) in [5.41, 5.74) is 0. The molecule has 4 heteroatoms. The molecule has 0 bridgehead atoms. The van der Waals surface area contributed by atoms with Crippen LogP contribution in [-0.4, -0.2) is 24.1 Å². The molecule has 1 rings (SSSR count). The Morgan fingerprint density at radius 1 is 0.938 bits per heavy atom. The van der Waals surface area contributed by atoms with E-state index in [4.69, 9.17) is 9.47 Å². The molecule has 0 amide bonds. The van der Waals surface area contributed by atoms with E-state index in [0.717, 1.165) is 12.8 Å². The van der Waals surface area contributed by atoms with Gasteiger partial charge in [-0.3, -0.25) is 9.59 Å². The summed E-state index contributed by atoms with van der Waals surface area (Å²) in [6.07, 6.45) is 6.60. The number of carbonyl (C=O) groups is 2. The van der Waals surface area contributed by atoms with Crippen molar-refractivity contribution in [2.24, 2.45) is 0 Å². The third kappa shape index (κ3) is 4.47. The Labute approximate surface area is 95.6 Å². The summed E-state index contributed by atoms with van der Waals surface area (Å²) in [5, 5.41) is 0. The first-order valence-electron chi connectivity index (χ1n) is 5.59. The fourth-order valence-corrected chi connectivity index (χ4v) is 1.82. The van der Waals surface area contributed by atoms with Crippen LogP contribution in [0, 0.1) is 0 Å². The second-order valence-corrected chi connectivity index (χ2v) is 3.92. The number of esters is 2. The molecule has 0 heterocycles. The molecule has 1 aliphatic carbocycles. The van der Waals surface area contributed by atoms with E-state index in [1.807, 2.05) is 0 Å². The highest BCUT2D eigenvalue weighted by molar-refractivity contribution is 5.67. The van der Waals surface area contributed by atoms with E-state index in [9.17, 15) is 9.59 Å². The zero-order valence-electron chi connectivity index (χ0n) is 9.77. The van der Waals surface area contributed by atoms with Gasteiger partial charge in [-0.05, 0) is 25.7 Å². The van der Waals surface area contributed by atoms with Crippen molar-refractivity contribution in [1.29, 1.82) is 0 Å². The lowest BCUT2D eigenvalue weighted by Crippen LogP contribution is -2.34. The third-order valence-electron chi connectivity index (χ3n) is 2.45. The smallest absolute Gasteiger partial charge is 0.303 e. The van der Waals surface area contributed by atoms with Crippen molar-refractivity contribution in [3.8, 4) is 0 Å². The van der Waals surface area contributed by atoms with E-state index in [1.165, 1.54) is 13.8 Å². The van der Waals surface area contributed by atoms with Crippen LogP contribution in [0.2, 0.25) is 0 Å². The molecule has 0 aromatic heterocycles. The van der Waals surface area contributed by atoms with Crippen LogP contribution in [0.1, 0.15) is 39.5 Å². The van der Waals surface area contributed by atoms with Crippen molar-refractivity contribution in [1.82, 2.24) is 0 Å².